The van der Waals surface area contributed by atoms with Gasteiger partial charge in [0.15, 0.2) is 0 Å². The smallest absolute Gasteiger partial charge is 0.0519 e. The van der Waals surface area contributed by atoms with Gasteiger partial charge in [-0.1, -0.05) is 73.8 Å². The van der Waals surface area contributed by atoms with Gasteiger partial charge in [-0.3, -0.25) is 0 Å². The van der Waals surface area contributed by atoms with Crippen LogP contribution in [0.2, 0.25) is 5.02 Å². The number of fused-ring (bicyclic) bond motifs is 1. The zero-order valence-corrected chi connectivity index (χ0v) is 13.3. The van der Waals surface area contributed by atoms with Crippen LogP contribution in [0.25, 0.3) is 10.8 Å². The van der Waals surface area contributed by atoms with Crippen molar-refractivity contribution in [3.63, 3.8) is 0 Å². The van der Waals surface area contributed by atoms with E-state index in [4.69, 9.17) is 11.6 Å². The highest BCUT2D eigenvalue weighted by molar-refractivity contribution is 9.09. The average Bonchev–Trinajstić information content (AvgIpc) is 2.34. The Hall–Kier alpha value is -0.0500. The third-order valence-electron chi connectivity index (χ3n) is 2.89. The Labute approximate surface area is 124 Å². The summed E-state index contributed by atoms with van der Waals surface area (Å²) in [5.41, 5.74) is 2.63. The molecule has 0 atom stereocenters. The Kier molecular flexibility index (Phi) is 4.89. The van der Waals surface area contributed by atoms with Crippen LogP contribution in [0, 0.1) is 0 Å². The topological polar surface area (TPSA) is 0 Å². The van der Waals surface area contributed by atoms with Crippen LogP contribution in [0.1, 0.15) is 11.1 Å². The Bertz CT molecular complexity index is 523. The lowest BCUT2D eigenvalue weighted by Crippen LogP contribution is -1.98. The van der Waals surface area contributed by atoms with E-state index < -0.39 is 0 Å². The monoisotopic (exact) mass is 374 g/mol. The van der Waals surface area contributed by atoms with Crippen LogP contribution >= 0.6 is 43.5 Å². The summed E-state index contributed by atoms with van der Waals surface area (Å²) in [6, 6.07) is 10.6. The van der Waals surface area contributed by atoms with E-state index >= 15 is 0 Å². The SMILES string of the molecule is Clc1c(CCBr)c(CCBr)cc2ccccc12. The van der Waals surface area contributed by atoms with Gasteiger partial charge in [0.1, 0.15) is 0 Å². The normalized spacial score (nSPS) is 11.0. The Morgan fingerprint density at radius 3 is 2.41 bits per heavy atom. The summed E-state index contributed by atoms with van der Waals surface area (Å²) in [7, 11) is 0. The molecule has 90 valence electrons. The van der Waals surface area contributed by atoms with Crippen LogP contribution in [-0.4, -0.2) is 10.7 Å². The maximum absolute atomic E-state index is 6.53. The minimum atomic E-state index is 0.915. The number of aryl methyl sites for hydroxylation is 1. The van der Waals surface area contributed by atoms with E-state index in [-0.39, 0.29) is 0 Å². The zero-order valence-electron chi connectivity index (χ0n) is 9.35. The fourth-order valence-corrected chi connectivity index (χ4v) is 3.30. The largest absolute Gasteiger partial charge is 0.0924 e. The molecular formula is C14H13Br2Cl. The van der Waals surface area contributed by atoms with Crippen LogP contribution in [0.3, 0.4) is 0 Å². The van der Waals surface area contributed by atoms with Gasteiger partial charge in [0, 0.05) is 16.0 Å². The first-order chi connectivity index (χ1) is 8.27. The molecule has 0 aliphatic rings. The van der Waals surface area contributed by atoms with Crippen molar-refractivity contribution in [2.24, 2.45) is 0 Å². The number of halogens is 3. The van der Waals surface area contributed by atoms with Crippen molar-refractivity contribution in [2.45, 2.75) is 12.8 Å². The van der Waals surface area contributed by atoms with E-state index in [1.165, 1.54) is 16.5 Å². The second-order valence-corrected chi connectivity index (χ2v) is 5.89. The standard InChI is InChI=1S/C14H13Br2Cl/c15-7-5-11-9-10-3-1-2-4-12(10)14(17)13(11)6-8-16/h1-4,9H,5-8H2. The molecule has 0 fully saturated rings. The van der Waals surface area contributed by atoms with Gasteiger partial charge < -0.3 is 0 Å². The number of rotatable bonds is 4. The van der Waals surface area contributed by atoms with Crippen molar-refractivity contribution in [1.82, 2.24) is 0 Å². The predicted octanol–water partition coefficient (Wildman–Crippen LogP) is 5.37. The second-order valence-electron chi connectivity index (χ2n) is 3.93. The third kappa shape index (κ3) is 2.86. The van der Waals surface area contributed by atoms with Crippen molar-refractivity contribution in [1.29, 1.82) is 0 Å². The Balaban J connectivity index is 2.65. The highest BCUT2D eigenvalue weighted by Crippen LogP contribution is 2.31. The number of hydrogen-bond acceptors (Lipinski definition) is 0. The molecule has 0 nitrogen and oxygen atoms in total. The zero-order chi connectivity index (χ0) is 12.3. The summed E-state index contributed by atoms with van der Waals surface area (Å²) in [4.78, 5) is 0. The summed E-state index contributed by atoms with van der Waals surface area (Å²) in [6.07, 6.45) is 2.00. The molecule has 0 amide bonds. The van der Waals surface area contributed by atoms with Gasteiger partial charge in [-0.05, 0) is 29.4 Å². The third-order valence-corrected chi connectivity index (χ3v) is 4.11. The van der Waals surface area contributed by atoms with Gasteiger partial charge in [0.25, 0.3) is 0 Å². The Morgan fingerprint density at radius 1 is 1.00 bits per heavy atom. The molecule has 0 saturated carbocycles. The predicted molar refractivity (Wildman–Crippen MR) is 84.0 cm³/mol. The average molecular weight is 377 g/mol. The van der Waals surface area contributed by atoms with E-state index in [2.05, 4.69) is 56.1 Å². The molecule has 0 N–H and O–H groups in total. The van der Waals surface area contributed by atoms with Gasteiger partial charge in [-0.15, -0.1) is 0 Å². The van der Waals surface area contributed by atoms with E-state index in [0.29, 0.717) is 0 Å². The fraction of sp³-hybridized carbons (Fsp3) is 0.286. The van der Waals surface area contributed by atoms with Crippen molar-refractivity contribution in [3.05, 3.63) is 46.5 Å². The van der Waals surface area contributed by atoms with Crippen LogP contribution < -0.4 is 0 Å². The molecule has 2 aromatic carbocycles. The molecule has 0 aliphatic carbocycles. The quantitative estimate of drug-likeness (QED) is 0.630. The first kappa shape index (κ1) is 13.4. The molecule has 2 aromatic rings. The molecule has 0 aliphatic heterocycles. The first-order valence-electron chi connectivity index (χ1n) is 5.59. The van der Waals surface area contributed by atoms with Gasteiger partial charge in [0.05, 0.1) is 5.02 Å². The van der Waals surface area contributed by atoms with Crippen LogP contribution in [0.15, 0.2) is 30.3 Å². The molecule has 0 radical (unpaired) electrons. The molecule has 0 bridgehead atoms. The molecule has 0 aromatic heterocycles. The van der Waals surface area contributed by atoms with Crippen LogP contribution in [-0.2, 0) is 12.8 Å². The lowest BCUT2D eigenvalue weighted by Gasteiger charge is -2.13. The molecule has 0 spiro atoms. The molecule has 0 heterocycles. The lowest BCUT2D eigenvalue weighted by molar-refractivity contribution is 1.07. The molecule has 2 rings (SSSR count). The van der Waals surface area contributed by atoms with Crippen LogP contribution in [0.5, 0.6) is 0 Å². The van der Waals surface area contributed by atoms with Gasteiger partial charge >= 0.3 is 0 Å². The molecule has 17 heavy (non-hydrogen) atoms. The second kappa shape index (κ2) is 6.21. The van der Waals surface area contributed by atoms with E-state index in [9.17, 15) is 0 Å². The molecular weight excluding hydrogens is 363 g/mol. The highest BCUT2D eigenvalue weighted by atomic mass is 79.9. The van der Waals surface area contributed by atoms with Gasteiger partial charge in [0.2, 0.25) is 0 Å². The fourth-order valence-electron chi connectivity index (χ4n) is 2.09. The first-order valence-corrected chi connectivity index (χ1v) is 8.21. The minimum Gasteiger partial charge on any atom is -0.0924 e. The van der Waals surface area contributed by atoms with E-state index in [1.54, 1.807) is 0 Å². The Morgan fingerprint density at radius 2 is 1.71 bits per heavy atom. The number of alkyl halides is 2. The summed E-state index contributed by atoms with van der Waals surface area (Å²) < 4.78 is 0. The van der Waals surface area contributed by atoms with Gasteiger partial charge in [-0.2, -0.15) is 0 Å². The molecule has 0 unspecified atom stereocenters. The maximum atomic E-state index is 6.53. The molecule has 3 heteroatoms. The van der Waals surface area contributed by atoms with Crippen molar-refractivity contribution < 1.29 is 0 Å². The number of hydrogen-bond donors (Lipinski definition) is 0. The van der Waals surface area contributed by atoms with Crippen LogP contribution in [0.4, 0.5) is 0 Å². The maximum Gasteiger partial charge on any atom is 0.0519 e. The molecule has 0 saturated heterocycles. The minimum absolute atomic E-state index is 0.915. The summed E-state index contributed by atoms with van der Waals surface area (Å²) >= 11 is 13.5. The van der Waals surface area contributed by atoms with Crippen molar-refractivity contribution in [2.75, 3.05) is 10.7 Å². The summed E-state index contributed by atoms with van der Waals surface area (Å²) in [5.74, 6) is 0. The van der Waals surface area contributed by atoms with Gasteiger partial charge in [-0.25, -0.2) is 0 Å². The number of benzene rings is 2. The van der Waals surface area contributed by atoms with Crippen molar-refractivity contribution >= 4 is 54.2 Å². The van der Waals surface area contributed by atoms with Crippen molar-refractivity contribution in [3.8, 4) is 0 Å². The summed E-state index contributed by atoms with van der Waals surface area (Å²) in [6.45, 7) is 0. The van der Waals surface area contributed by atoms with E-state index in [1.807, 2.05) is 6.07 Å². The lowest BCUT2D eigenvalue weighted by atomic mass is 9.97. The van der Waals surface area contributed by atoms with E-state index in [0.717, 1.165) is 33.9 Å². The summed E-state index contributed by atoms with van der Waals surface area (Å²) in [5, 5.41) is 5.21. The highest BCUT2D eigenvalue weighted by Gasteiger charge is 2.10.